The van der Waals surface area contributed by atoms with Crippen LogP contribution in [0.3, 0.4) is 0 Å². The summed E-state index contributed by atoms with van der Waals surface area (Å²) in [5.74, 6) is -0.802. The molecule has 1 aromatic rings. The fraction of sp³-hybridized carbons (Fsp3) is 0.357. The van der Waals surface area contributed by atoms with Crippen molar-refractivity contribution in [2.75, 3.05) is 14.1 Å². The van der Waals surface area contributed by atoms with Gasteiger partial charge in [0.15, 0.2) is 0 Å². The van der Waals surface area contributed by atoms with E-state index < -0.39 is 27.3 Å². The van der Waals surface area contributed by atoms with Gasteiger partial charge in [0.25, 0.3) is 5.25 Å². The summed E-state index contributed by atoms with van der Waals surface area (Å²) in [7, 11) is -1.72. The largest absolute Gasteiger partial charge is 0.500 e. The normalized spacial score (nSPS) is 18.9. The Balaban J connectivity index is 2.40. The molecule has 0 saturated carbocycles. The molecule has 2 rings (SSSR count). The van der Waals surface area contributed by atoms with Crippen LogP contribution < -0.4 is 4.18 Å². The Hall–Kier alpha value is -1.93. The van der Waals surface area contributed by atoms with E-state index >= 15 is 0 Å². The smallest absolute Gasteiger partial charge is 0.381 e. The van der Waals surface area contributed by atoms with Gasteiger partial charge in [0.05, 0.1) is 14.1 Å². The molecule has 1 unspecified atom stereocenters. The molecule has 0 N–H and O–H groups in total. The van der Waals surface area contributed by atoms with Crippen molar-refractivity contribution in [3.05, 3.63) is 28.3 Å². The summed E-state index contributed by atoms with van der Waals surface area (Å²) < 4.78 is 30.9. The van der Waals surface area contributed by atoms with Crippen LogP contribution >= 0.6 is 11.6 Å². The van der Waals surface area contributed by atoms with Crippen molar-refractivity contribution in [3.8, 4) is 5.75 Å². The molecule has 0 bridgehead atoms. The van der Waals surface area contributed by atoms with Crippen molar-refractivity contribution in [3.63, 3.8) is 0 Å². The number of hydrogen-bond donors (Lipinski definition) is 0. The van der Waals surface area contributed by atoms with Gasteiger partial charge in [0.1, 0.15) is 12.0 Å². The Morgan fingerprint density at radius 3 is 2.26 bits per heavy atom. The first-order valence-corrected chi connectivity index (χ1v) is 8.49. The van der Waals surface area contributed by atoms with Crippen LogP contribution in [0, 0.1) is 13.8 Å². The Morgan fingerprint density at radius 1 is 1.22 bits per heavy atom. The second-order valence-electron chi connectivity index (χ2n) is 5.31. The highest BCUT2D eigenvalue weighted by molar-refractivity contribution is 7.89. The lowest BCUT2D eigenvalue weighted by molar-refractivity contribution is -0.399. The molecule has 0 aliphatic carbocycles. The molecule has 0 saturated heterocycles. The van der Waals surface area contributed by atoms with E-state index in [-0.39, 0.29) is 5.75 Å². The summed E-state index contributed by atoms with van der Waals surface area (Å²) in [5.41, 5.74) is 1.31. The average Bonchev–Trinajstić information content (AvgIpc) is 2.45. The Labute approximate surface area is 139 Å². The van der Waals surface area contributed by atoms with Gasteiger partial charge in [-0.3, -0.25) is 0 Å². The molecule has 124 valence electrons. The molecule has 0 radical (unpaired) electrons. The number of hydrogen-bond acceptors (Lipinski definition) is 5. The van der Waals surface area contributed by atoms with Crippen molar-refractivity contribution in [1.29, 1.82) is 0 Å². The van der Waals surface area contributed by atoms with E-state index in [9.17, 15) is 18.0 Å². The molecule has 1 aliphatic rings. The average molecular weight is 360 g/mol. The summed E-state index contributed by atoms with van der Waals surface area (Å²) in [6, 6.07) is 2.33. The lowest BCUT2D eigenvalue weighted by Crippen LogP contribution is -2.54. The third-order valence-corrected chi connectivity index (χ3v) is 5.42. The first kappa shape index (κ1) is 17.4. The van der Waals surface area contributed by atoms with Gasteiger partial charge in [-0.1, -0.05) is 11.6 Å². The van der Waals surface area contributed by atoms with E-state index in [0.717, 1.165) is 15.7 Å². The van der Waals surface area contributed by atoms with E-state index in [4.69, 9.17) is 15.8 Å². The van der Waals surface area contributed by atoms with E-state index in [1.165, 1.54) is 26.2 Å². The van der Waals surface area contributed by atoms with Crippen LogP contribution in [0.25, 0.3) is 0 Å². The molecule has 0 aromatic heterocycles. The second kappa shape index (κ2) is 5.93. The van der Waals surface area contributed by atoms with Gasteiger partial charge in [0, 0.05) is 5.02 Å². The molecular weight excluding hydrogens is 344 g/mol. The molecule has 9 heteroatoms. The van der Waals surface area contributed by atoms with E-state index in [1.807, 2.05) is 0 Å². The molecule has 1 atom stereocenters. The maximum atomic E-state index is 12.4. The fourth-order valence-electron chi connectivity index (χ4n) is 2.19. The minimum Gasteiger partial charge on any atom is -0.381 e. The number of urea groups is 1. The predicted molar refractivity (Wildman–Crippen MR) is 84.7 cm³/mol. The van der Waals surface area contributed by atoms with Crippen LogP contribution in [0.5, 0.6) is 5.75 Å². The minimum absolute atomic E-state index is 0.0628. The predicted octanol–water partition coefficient (Wildman–Crippen LogP) is 1.34. The zero-order valence-corrected chi connectivity index (χ0v) is 14.6. The lowest BCUT2D eigenvalue weighted by atomic mass is 10.1. The van der Waals surface area contributed by atoms with Gasteiger partial charge >= 0.3 is 22.1 Å². The molecule has 23 heavy (non-hydrogen) atoms. The molecular formula is C14H16ClN2O5S+. The van der Waals surface area contributed by atoms with Gasteiger partial charge in [0.2, 0.25) is 0 Å². The summed E-state index contributed by atoms with van der Waals surface area (Å²) >= 11 is 6.03. The Bertz CT molecular complexity index is 809. The SMILES string of the molecule is Cc1cc(OS(=O)(=O)C2C=[N+](C)C(=O)N(C)C2=O)cc(C)c1Cl. The second-order valence-corrected chi connectivity index (χ2v) is 7.35. The zero-order chi connectivity index (χ0) is 17.5. The maximum absolute atomic E-state index is 12.4. The van der Waals surface area contributed by atoms with Crippen LogP contribution in [-0.4, -0.2) is 55.4 Å². The van der Waals surface area contributed by atoms with Crippen LogP contribution in [0.2, 0.25) is 5.02 Å². The molecule has 0 fully saturated rings. The van der Waals surface area contributed by atoms with Crippen molar-refractivity contribution in [2.24, 2.45) is 0 Å². The van der Waals surface area contributed by atoms with Crippen molar-refractivity contribution in [2.45, 2.75) is 19.1 Å². The topological polar surface area (TPSA) is 83.8 Å². The van der Waals surface area contributed by atoms with Gasteiger partial charge in [-0.2, -0.15) is 18.1 Å². The van der Waals surface area contributed by atoms with Gasteiger partial charge in [-0.15, -0.1) is 0 Å². The standard InChI is InChI=1S/C14H16ClN2O5S/c1-8-5-10(6-9(2)12(8)15)22-23(20,21)11-7-16(3)14(19)17(4)13(11)18/h5-7,11H,1-4H3/q+1. The van der Waals surface area contributed by atoms with Gasteiger partial charge in [-0.05, 0) is 37.1 Å². The highest BCUT2D eigenvalue weighted by Crippen LogP contribution is 2.27. The van der Waals surface area contributed by atoms with E-state index in [2.05, 4.69) is 0 Å². The Kier molecular flexibility index (Phi) is 4.50. The van der Waals surface area contributed by atoms with Crippen LogP contribution in [0.4, 0.5) is 4.79 Å². The number of halogens is 1. The van der Waals surface area contributed by atoms with Crippen LogP contribution in [0.1, 0.15) is 11.1 Å². The number of imide groups is 1. The molecule has 1 aromatic carbocycles. The van der Waals surface area contributed by atoms with Crippen LogP contribution in [0.15, 0.2) is 12.1 Å². The van der Waals surface area contributed by atoms with Crippen LogP contribution in [-0.2, 0) is 14.9 Å². The third kappa shape index (κ3) is 3.23. The number of nitrogens with zero attached hydrogens (tertiary/aromatic N) is 2. The highest BCUT2D eigenvalue weighted by Gasteiger charge is 2.47. The number of aryl methyl sites for hydroxylation is 2. The molecule has 0 spiro atoms. The molecule has 1 heterocycles. The monoisotopic (exact) mass is 359 g/mol. The molecule has 7 nitrogen and oxygen atoms in total. The number of benzene rings is 1. The molecule has 1 aliphatic heterocycles. The van der Waals surface area contributed by atoms with Crippen molar-refractivity contribution >= 4 is 39.9 Å². The summed E-state index contributed by atoms with van der Waals surface area (Å²) in [5, 5.41) is -1.08. The highest BCUT2D eigenvalue weighted by atomic mass is 35.5. The molecule has 3 amide bonds. The zero-order valence-electron chi connectivity index (χ0n) is 13.0. The van der Waals surface area contributed by atoms with E-state index in [1.54, 1.807) is 13.8 Å². The fourth-order valence-corrected chi connectivity index (χ4v) is 3.50. The summed E-state index contributed by atoms with van der Waals surface area (Å²) in [4.78, 5) is 24.5. The van der Waals surface area contributed by atoms with Crippen molar-refractivity contribution < 1.29 is 26.8 Å². The Morgan fingerprint density at radius 2 is 1.74 bits per heavy atom. The number of carbonyl (C=O) groups excluding carboxylic acids is 2. The maximum Gasteiger partial charge on any atom is 0.500 e. The quantitative estimate of drug-likeness (QED) is 0.600. The number of rotatable bonds is 3. The minimum atomic E-state index is -4.30. The number of carbonyl (C=O) groups is 2. The first-order chi connectivity index (χ1) is 10.5. The lowest BCUT2D eigenvalue weighted by Gasteiger charge is -2.19. The van der Waals surface area contributed by atoms with Gasteiger partial charge < -0.3 is 4.18 Å². The first-order valence-electron chi connectivity index (χ1n) is 6.64. The van der Waals surface area contributed by atoms with E-state index in [0.29, 0.717) is 16.1 Å². The summed E-state index contributed by atoms with van der Waals surface area (Å²) in [6.45, 7) is 3.43. The number of amides is 3. The third-order valence-electron chi connectivity index (χ3n) is 3.45. The van der Waals surface area contributed by atoms with Gasteiger partial charge in [-0.25, -0.2) is 9.37 Å². The van der Waals surface area contributed by atoms with Crippen molar-refractivity contribution in [1.82, 2.24) is 4.90 Å². The summed E-state index contributed by atoms with van der Waals surface area (Å²) in [6.07, 6.45) is 1.02.